The van der Waals surface area contributed by atoms with Crippen molar-refractivity contribution < 1.29 is 4.52 Å². The maximum atomic E-state index is 11.5. The molecule has 0 bridgehead atoms. The lowest BCUT2D eigenvalue weighted by atomic mass is 9.95. The predicted octanol–water partition coefficient (Wildman–Crippen LogP) is 6.93. The van der Waals surface area contributed by atoms with Crippen LogP contribution in [0.1, 0.15) is 44.2 Å². The number of nitrogens with one attached hydrogen (secondary N) is 1. The molecule has 0 spiro atoms. The van der Waals surface area contributed by atoms with Crippen molar-refractivity contribution in [2.24, 2.45) is 4.99 Å². The number of aromatic amines is 1. The monoisotopic (exact) mass is 492 g/mol. The van der Waals surface area contributed by atoms with E-state index in [1.54, 1.807) is 0 Å². The Bertz CT molecular complexity index is 1510. The van der Waals surface area contributed by atoms with Crippen molar-refractivity contribution in [3.63, 3.8) is 0 Å². The Labute approximate surface area is 217 Å². The average molecular weight is 493 g/mol. The van der Waals surface area contributed by atoms with Crippen LogP contribution in [0, 0.1) is 6.92 Å². The standard InChI is InChI=1S/C31H32N4O2/c1-4-5-13-28-25(20-35(22(3)32-28)29-14-9-6-10-21(29)2)19-23-15-17-24(18-16-23)26-11-7-8-12-27(26)30-33-31(36)37-34-30/h6-12,14-18H,4-5,13,19-20H2,1-3H3,(H,33,34,36). The molecule has 0 amide bonds. The Morgan fingerprint density at radius 2 is 1.68 bits per heavy atom. The van der Waals surface area contributed by atoms with Crippen LogP contribution in [-0.4, -0.2) is 22.5 Å². The van der Waals surface area contributed by atoms with Crippen LogP contribution in [-0.2, 0) is 6.42 Å². The number of nitrogens with zero attached hydrogens (tertiary/aromatic N) is 3. The van der Waals surface area contributed by atoms with Crippen molar-refractivity contribution in [1.29, 1.82) is 0 Å². The van der Waals surface area contributed by atoms with E-state index in [1.165, 1.54) is 28.1 Å². The molecule has 0 aliphatic carbocycles. The second-order valence-corrected chi connectivity index (χ2v) is 9.55. The molecule has 1 aromatic heterocycles. The van der Waals surface area contributed by atoms with E-state index in [4.69, 9.17) is 9.52 Å². The number of unbranched alkanes of at least 4 members (excludes halogenated alkanes) is 1. The molecule has 1 N–H and O–H groups in total. The molecule has 2 heterocycles. The van der Waals surface area contributed by atoms with Crippen LogP contribution in [0.15, 0.2) is 98.4 Å². The van der Waals surface area contributed by atoms with Gasteiger partial charge in [0.15, 0.2) is 5.82 Å². The summed E-state index contributed by atoms with van der Waals surface area (Å²) in [5.41, 5.74) is 9.20. The van der Waals surface area contributed by atoms with Gasteiger partial charge in [-0.1, -0.05) is 85.2 Å². The van der Waals surface area contributed by atoms with Crippen molar-refractivity contribution in [3.8, 4) is 22.5 Å². The molecule has 1 aliphatic heterocycles. The van der Waals surface area contributed by atoms with Crippen LogP contribution >= 0.6 is 0 Å². The summed E-state index contributed by atoms with van der Waals surface area (Å²) < 4.78 is 4.73. The van der Waals surface area contributed by atoms with Crippen LogP contribution in [0.25, 0.3) is 22.5 Å². The van der Waals surface area contributed by atoms with Gasteiger partial charge in [-0.05, 0) is 67.0 Å². The number of allylic oxidation sites excluding steroid dienone is 1. The van der Waals surface area contributed by atoms with Crippen LogP contribution in [0.2, 0.25) is 0 Å². The number of benzene rings is 3. The van der Waals surface area contributed by atoms with Crippen LogP contribution in [0.3, 0.4) is 0 Å². The van der Waals surface area contributed by atoms with Crippen molar-refractivity contribution in [1.82, 2.24) is 10.1 Å². The number of anilines is 1. The van der Waals surface area contributed by atoms with E-state index in [9.17, 15) is 4.79 Å². The number of para-hydroxylation sites is 1. The molecule has 37 heavy (non-hydrogen) atoms. The van der Waals surface area contributed by atoms with Gasteiger partial charge in [0.1, 0.15) is 5.84 Å². The van der Waals surface area contributed by atoms with Gasteiger partial charge >= 0.3 is 5.76 Å². The first-order chi connectivity index (χ1) is 18.0. The number of hydrogen-bond acceptors (Lipinski definition) is 5. The van der Waals surface area contributed by atoms with Crippen LogP contribution in [0.5, 0.6) is 0 Å². The molecule has 0 saturated heterocycles. The third kappa shape index (κ3) is 5.33. The van der Waals surface area contributed by atoms with E-state index in [2.05, 4.69) is 84.3 Å². The normalized spacial score (nSPS) is 13.7. The SMILES string of the molecule is CCCCC1=C(Cc2ccc(-c3ccccc3-c3noc(=O)[nH]3)cc2)CN(c2ccccc2C)C(C)=N1. The Balaban J connectivity index is 1.43. The maximum Gasteiger partial charge on any atom is 0.439 e. The molecule has 1 aliphatic rings. The summed E-state index contributed by atoms with van der Waals surface area (Å²) in [5.74, 6) is 0.932. The van der Waals surface area contributed by atoms with Crippen molar-refractivity contribution in [2.75, 3.05) is 11.4 Å². The fourth-order valence-electron chi connectivity index (χ4n) is 4.93. The predicted molar refractivity (Wildman–Crippen MR) is 150 cm³/mol. The first-order valence-corrected chi connectivity index (χ1v) is 12.9. The van der Waals surface area contributed by atoms with Crippen molar-refractivity contribution in [2.45, 2.75) is 46.5 Å². The van der Waals surface area contributed by atoms with Gasteiger partial charge in [-0.2, -0.15) is 0 Å². The van der Waals surface area contributed by atoms with E-state index >= 15 is 0 Å². The minimum Gasteiger partial charge on any atom is -0.326 e. The second kappa shape index (κ2) is 10.8. The summed E-state index contributed by atoms with van der Waals surface area (Å²) >= 11 is 0. The van der Waals surface area contributed by atoms with E-state index < -0.39 is 5.76 Å². The highest BCUT2D eigenvalue weighted by Crippen LogP contribution is 2.32. The Hall–Kier alpha value is -4.19. The lowest BCUT2D eigenvalue weighted by Gasteiger charge is -2.32. The van der Waals surface area contributed by atoms with Gasteiger partial charge in [0, 0.05) is 23.5 Å². The lowest BCUT2D eigenvalue weighted by molar-refractivity contribution is 0.388. The number of rotatable bonds is 8. The zero-order chi connectivity index (χ0) is 25.8. The van der Waals surface area contributed by atoms with Gasteiger partial charge in [0.05, 0.1) is 0 Å². The third-order valence-corrected chi connectivity index (χ3v) is 6.92. The van der Waals surface area contributed by atoms with Crippen molar-refractivity contribution >= 4 is 11.5 Å². The van der Waals surface area contributed by atoms with Gasteiger partial charge in [-0.3, -0.25) is 9.51 Å². The summed E-state index contributed by atoms with van der Waals surface area (Å²) in [6.45, 7) is 7.35. The number of hydrogen-bond donors (Lipinski definition) is 1. The number of aromatic nitrogens is 2. The van der Waals surface area contributed by atoms with Gasteiger partial charge in [0.2, 0.25) is 0 Å². The molecule has 4 aromatic rings. The van der Waals surface area contributed by atoms with Crippen LogP contribution < -0.4 is 10.7 Å². The molecule has 0 radical (unpaired) electrons. The highest BCUT2D eigenvalue weighted by Gasteiger charge is 2.22. The Morgan fingerprint density at radius 3 is 2.38 bits per heavy atom. The molecule has 3 aromatic carbocycles. The van der Waals surface area contributed by atoms with E-state index in [1.807, 2.05) is 24.3 Å². The third-order valence-electron chi connectivity index (χ3n) is 6.92. The molecular formula is C31H32N4O2. The molecule has 6 nitrogen and oxygen atoms in total. The molecule has 5 rings (SSSR count). The summed E-state index contributed by atoms with van der Waals surface area (Å²) in [5, 5.41) is 3.88. The van der Waals surface area contributed by atoms with Gasteiger partial charge in [-0.25, -0.2) is 9.79 Å². The topological polar surface area (TPSA) is 74.5 Å². The number of amidine groups is 1. The maximum absolute atomic E-state index is 11.5. The van der Waals surface area contributed by atoms with E-state index in [0.717, 1.165) is 54.8 Å². The van der Waals surface area contributed by atoms with Crippen molar-refractivity contribution in [3.05, 3.63) is 106 Å². The minimum atomic E-state index is -0.558. The highest BCUT2D eigenvalue weighted by molar-refractivity contribution is 5.98. The van der Waals surface area contributed by atoms with E-state index in [-0.39, 0.29) is 0 Å². The summed E-state index contributed by atoms with van der Waals surface area (Å²) in [6.07, 6.45) is 4.15. The summed E-state index contributed by atoms with van der Waals surface area (Å²) in [7, 11) is 0. The Morgan fingerprint density at radius 1 is 0.946 bits per heavy atom. The fourth-order valence-corrected chi connectivity index (χ4v) is 4.93. The molecule has 0 saturated carbocycles. The molecule has 0 atom stereocenters. The molecule has 188 valence electrons. The lowest BCUT2D eigenvalue weighted by Crippen LogP contribution is -2.35. The van der Waals surface area contributed by atoms with Gasteiger partial charge in [0.25, 0.3) is 0 Å². The minimum absolute atomic E-state index is 0.433. The first-order valence-electron chi connectivity index (χ1n) is 12.9. The molecule has 6 heteroatoms. The van der Waals surface area contributed by atoms with E-state index in [0.29, 0.717) is 5.82 Å². The zero-order valence-corrected chi connectivity index (χ0v) is 21.6. The number of aryl methyl sites for hydroxylation is 1. The summed E-state index contributed by atoms with van der Waals surface area (Å²) in [4.78, 5) is 21.6. The molecular weight excluding hydrogens is 460 g/mol. The molecule has 0 unspecified atom stereocenters. The summed E-state index contributed by atoms with van der Waals surface area (Å²) in [6, 6.07) is 25.0. The molecule has 0 fully saturated rings. The zero-order valence-electron chi connectivity index (χ0n) is 21.6. The fraction of sp³-hybridized carbons (Fsp3) is 0.258. The Kier molecular flexibility index (Phi) is 7.17. The second-order valence-electron chi connectivity index (χ2n) is 9.55. The van der Waals surface area contributed by atoms with Gasteiger partial charge in [-0.15, -0.1) is 0 Å². The first kappa shape index (κ1) is 24.5. The van der Waals surface area contributed by atoms with Crippen LogP contribution in [0.4, 0.5) is 5.69 Å². The largest absolute Gasteiger partial charge is 0.439 e. The average Bonchev–Trinajstić information content (AvgIpc) is 3.35. The number of aliphatic imine (C=N–C) groups is 1. The quantitative estimate of drug-likeness (QED) is 0.289. The number of H-pyrrole nitrogens is 1. The van der Waals surface area contributed by atoms with Gasteiger partial charge < -0.3 is 4.90 Å². The smallest absolute Gasteiger partial charge is 0.326 e. The highest BCUT2D eigenvalue weighted by atomic mass is 16.5.